The second kappa shape index (κ2) is 7.63. The molecule has 0 N–H and O–H groups in total. The Labute approximate surface area is 172 Å². The highest BCUT2D eigenvalue weighted by molar-refractivity contribution is 6.08. The molecule has 0 saturated heterocycles. The molecular weight excluding hydrogens is 385 g/mol. The number of ether oxygens (including phenoxy) is 2. The zero-order chi connectivity index (χ0) is 21.4. The van der Waals surface area contributed by atoms with Gasteiger partial charge >= 0.3 is 11.9 Å². The molecule has 0 saturated carbocycles. The highest BCUT2D eigenvalue weighted by atomic mass is 19.1. The molecule has 0 aliphatic heterocycles. The molecule has 4 rings (SSSR count). The van der Waals surface area contributed by atoms with Crippen LogP contribution in [0.15, 0.2) is 54.7 Å². The molecule has 0 unspecified atom stereocenters. The van der Waals surface area contributed by atoms with Crippen LogP contribution in [0.5, 0.6) is 0 Å². The monoisotopic (exact) mass is 405 g/mol. The molecule has 5 nitrogen and oxygen atoms in total. The van der Waals surface area contributed by atoms with E-state index < -0.39 is 17.8 Å². The van der Waals surface area contributed by atoms with Gasteiger partial charge in [-0.15, -0.1) is 0 Å². The number of methoxy groups -OCH3 is 1. The second-order valence-electron chi connectivity index (χ2n) is 6.90. The van der Waals surface area contributed by atoms with Gasteiger partial charge in [-0.1, -0.05) is 36.4 Å². The molecule has 0 aliphatic carbocycles. The van der Waals surface area contributed by atoms with E-state index in [-0.39, 0.29) is 17.9 Å². The summed E-state index contributed by atoms with van der Waals surface area (Å²) in [5.74, 6) is -1.86. The highest BCUT2D eigenvalue weighted by Crippen LogP contribution is 2.37. The standard InChI is InChI=1S/C24H20FNO4/c1-4-30-24(28)22-20(25)19(15-9-11-16(12-10-15)23(27)29-3)21-18-8-6-5-7-17(18)14(2)13-26(21)22/h5-13H,4H2,1-3H3. The van der Waals surface area contributed by atoms with Crippen LogP contribution in [0.25, 0.3) is 27.4 Å². The average Bonchev–Trinajstić information content (AvgIpc) is 3.05. The molecule has 152 valence electrons. The van der Waals surface area contributed by atoms with Crippen molar-refractivity contribution < 1.29 is 23.5 Å². The fraction of sp³-hybridized carbons (Fsp3) is 0.167. The van der Waals surface area contributed by atoms with Crippen molar-refractivity contribution in [2.24, 2.45) is 0 Å². The SMILES string of the molecule is CCOC(=O)c1c(F)c(-c2ccc(C(=O)OC)cc2)c2c3ccccc3c(C)cn12. The zero-order valence-electron chi connectivity index (χ0n) is 16.9. The number of halogens is 1. The fourth-order valence-corrected chi connectivity index (χ4v) is 3.79. The van der Waals surface area contributed by atoms with Crippen LogP contribution in [0.3, 0.4) is 0 Å². The van der Waals surface area contributed by atoms with Gasteiger partial charge in [-0.2, -0.15) is 0 Å². The van der Waals surface area contributed by atoms with Gasteiger partial charge in [0.2, 0.25) is 0 Å². The predicted molar refractivity (Wildman–Crippen MR) is 112 cm³/mol. The predicted octanol–water partition coefficient (Wildman–Crippen LogP) is 5.17. The summed E-state index contributed by atoms with van der Waals surface area (Å²) in [5.41, 5.74) is 2.52. The molecule has 0 bridgehead atoms. The Morgan fingerprint density at radius 2 is 1.67 bits per heavy atom. The number of aryl methyl sites for hydroxylation is 1. The lowest BCUT2D eigenvalue weighted by molar-refractivity contribution is 0.0512. The van der Waals surface area contributed by atoms with Crippen LogP contribution >= 0.6 is 0 Å². The van der Waals surface area contributed by atoms with Crippen LogP contribution in [0.4, 0.5) is 4.39 Å². The maximum atomic E-state index is 15.7. The zero-order valence-corrected chi connectivity index (χ0v) is 16.9. The van der Waals surface area contributed by atoms with Crippen molar-refractivity contribution in [3.05, 3.63) is 77.4 Å². The third-order valence-electron chi connectivity index (χ3n) is 5.14. The quantitative estimate of drug-likeness (QED) is 0.440. The molecule has 0 atom stereocenters. The Hall–Kier alpha value is -3.67. The van der Waals surface area contributed by atoms with Gasteiger partial charge in [0.15, 0.2) is 11.5 Å². The molecule has 2 heterocycles. The Morgan fingerprint density at radius 3 is 2.30 bits per heavy atom. The van der Waals surface area contributed by atoms with Gasteiger partial charge in [0.25, 0.3) is 0 Å². The molecular formula is C24H20FNO4. The van der Waals surface area contributed by atoms with Gasteiger partial charge in [0.1, 0.15) is 0 Å². The molecule has 0 spiro atoms. The number of esters is 2. The first-order valence-electron chi connectivity index (χ1n) is 9.55. The van der Waals surface area contributed by atoms with Crippen LogP contribution in [0.2, 0.25) is 0 Å². The van der Waals surface area contributed by atoms with Crippen LogP contribution < -0.4 is 0 Å². The van der Waals surface area contributed by atoms with E-state index in [0.717, 1.165) is 16.3 Å². The van der Waals surface area contributed by atoms with E-state index in [1.165, 1.54) is 7.11 Å². The molecule has 4 aromatic rings. The summed E-state index contributed by atoms with van der Waals surface area (Å²) in [6, 6.07) is 14.1. The average molecular weight is 405 g/mol. The molecule has 0 fully saturated rings. The van der Waals surface area contributed by atoms with Crippen LogP contribution in [-0.4, -0.2) is 30.1 Å². The molecule has 6 heteroatoms. The number of hydrogen-bond acceptors (Lipinski definition) is 4. The Bertz CT molecular complexity index is 1290. The first-order valence-corrected chi connectivity index (χ1v) is 9.55. The number of fused-ring (bicyclic) bond motifs is 3. The maximum absolute atomic E-state index is 15.7. The lowest BCUT2D eigenvalue weighted by Gasteiger charge is -2.09. The summed E-state index contributed by atoms with van der Waals surface area (Å²) in [6.45, 7) is 3.74. The van der Waals surface area contributed by atoms with E-state index in [1.807, 2.05) is 31.2 Å². The number of rotatable bonds is 4. The van der Waals surface area contributed by atoms with E-state index in [1.54, 1.807) is 41.8 Å². The summed E-state index contributed by atoms with van der Waals surface area (Å²) >= 11 is 0. The lowest BCUT2D eigenvalue weighted by atomic mass is 10.0. The summed E-state index contributed by atoms with van der Waals surface area (Å²) in [4.78, 5) is 24.4. The molecule has 2 aromatic heterocycles. The number of carbonyl (C=O) groups is 2. The van der Waals surface area contributed by atoms with Crippen molar-refractivity contribution in [2.75, 3.05) is 13.7 Å². The molecule has 0 amide bonds. The van der Waals surface area contributed by atoms with E-state index in [2.05, 4.69) is 0 Å². The third kappa shape index (κ3) is 3.01. The normalized spacial score (nSPS) is 11.1. The van der Waals surface area contributed by atoms with Gasteiger partial charge in [-0.3, -0.25) is 0 Å². The first-order chi connectivity index (χ1) is 14.5. The minimum Gasteiger partial charge on any atom is -0.465 e. The minimum absolute atomic E-state index is 0.140. The number of benzene rings is 2. The van der Waals surface area contributed by atoms with Gasteiger partial charge < -0.3 is 13.9 Å². The van der Waals surface area contributed by atoms with Gasteiger partial charge in [0, 0.05) is 17.1 Å². The summed E-state index contributed by atoms with van der Waals surface area (Å²) in [6.07, 6.45) is 1.75. The smallest absolute Gasteiger partial charge is 0.358 e. The van der Waals surface area contributed by atoms with Gasteiger partial charge in [-0.25, -0.2) is 14.0 Å². The minimum atomic E-state index is -0.725. The van der Waals surface area contributed by atoms with E-state index >= 15 is 4.39 Å². The Kier molecular flexibility index (Phi) is 4.99. The molecule has 30 heavy (non-hydrogen) atoms. The van der Waals surface area contributed by atoms with Crippen LogP contribution in [0.1, 0.15) is 33.3 Å². The van der Waals surface area contributed by atoms with E-state index in [4.69, 9.17) is 9.47 Å². The van der Waals surface area contributed by atoms with E-state index in [9.17, 15) is 9.59 Å². The molecule has 2 aromatic carbocycles. The summed E-state index contributed by atoms with van der Waals surface area (Å²) < 4.78 is 27.1. The van der Waals surface area contributed by atoms with Crippen molar-refractivity contribution in [2.45, 2.75) is 13.8 Å². The van der Waals surface area contributed by atoms with Crippen molar-refractivity contribution in [3.63, 3.8) is 0 Å². The number of hydrogen-bond donors (Lipinski definition) is 0. The van der Waals surface area contributed by atoms with Crippen molar-refractivity contribution in [1.29, 1.82) is 0 Å². The highest BCUT2D eigenvalue weighted by Gasteiger charge is 2.27. The van der Waals surface area contributed by atoms with E-state index in [0.29, 0.717) is 16.6 Å². The number of pyridine rings is 1. The van der Waals surface area contributed by atoms with Gasteiger partial charge in [-0.05, 0) is 42.5 Å². The largest absolute Gasteiger partial charge is 0.465 e. The first kappa shape index (κ1) is 19.6. The summed E-state index contributed by atoms with van der Waals surface area (Å²) in [5, 5.41) is 1.78. The lowest BCUT2D eigenvalue weighted by Crippen LogP contribution is -2.10. The van der Waals surface area contributed by atoms with Crippen molar-refractivity contribution >= 4 is 28.2 Å². The number of nitrogens with zero attached hydrogens (tertiary/aromatic N) is 1. The van der Waals surface area contributed by atoms with Crippen LogP contribution in [0, 0.1) is 12.7 Å². The molecule has 0 aliphatic rings. The van der Waals surface area contributed by atoms with Crippen molar-refractivity contribution in [3.8, 4) is 11.1 Å². The Balaban J connectivity index is 2.08. The maximum Gasteiger partial charge on any atom is 0.358 e. The fourth-order valence-electron chi connectivity index (χ4n) is 3.79. The van der Waals surface area contributed by atoms with Crippen LogP contribution in [-0.2, 0) is 9.47 Å². The topological polar surface area (TPSA) is 57.0 Å². The van der Waals surface area contributed by atoms with Gasteiger partial charge in [0.05, 0.1) is 24.8 Å². The molecule has 0 radical (unpaired) electrons. The van der Waals surface area contributed by atoms with Crippen molar-refractivity contribution in [1.82, 2.24) is 4.40 Å². The third-order valence-corrected chi connectivity index (χ3v) is 5.14. The number of aromatic nitrogens is 1. The summed E-state index contributed by atoms with van der Waals surface area (Å²) in [7, 11) is 1.30. The Morgan fingerprint density at radius 1 is 1.00 bits per heavy atom. The number of carbonyl (C=O) groups excluding carboxylic acids is 2. The second-order valence-corrected chi connectivity index (χ2v) is 6.90.